The summed E-state index contributed by atoms with van der Waals surface area (Å²) < 4.78 is 5.22. The number of pyridine rings is 1. The van der Waals surface area contributed by atoms with Gasteiger partial charge >= 0.3 is 0 Å². The molecule has 114 valence electrons. The second kappa shape index (κ2) is 5.57. The molecule has 0 aliphatic carbocycles. The van der Waals surface area contributed by atoms with Crippen LogP contribution in [-0.2, 0) is 6.54 Å². The standard InChI is InChI=1S/C17H19N3O2/c21-17(16-4-2-6-22-16)20-11-14-9-19(10-15(14)12-20)8-13-3-1-5-18-7-13/h1-7,14-15H,8-12H2/t14-,15-/m0/s1. The Kier molecular flexibility index (Phi) is 3.42. The summed E-state index contributed by atoms with van der Waals surface area (Å²) in [5.41, 5.74) is 1.26. The number of rotatable bonds is 3. The van der Waals surface area contributed by atoms with Gasteiger partial charge in [-0.05, 0) is 35.6 Å². The van der Waals surface area contributed by atoms with Crippen molar-refractivity contribution >= 4 is 5.91 Å². The fourth-order valence-electron chi connectivity index (χ4n) is 3.69. The van der Waals surface area contributed by atoms with Crippen molar-refractivity contribution in [3.05, 3.63) is 54.2 Å². The van der Waals surface area contributed by atoms with E-state index in [2.05, 4.69) is 16.0 Å². The van der Waals surface area contributed by atoms with Gasteiger partial charge in [0, 0.05) is 45.1 Å². The lowest BCUT2D eigenvalue weighted by Crippen LogP contribution is -2.32. The van der Waals surface area contributed by atoms with Gasteiger partial charge in [-0.15, -0.1) is 0 Å². The predicted octanol–water partition coefficient (Wildman–Crippen LogP) is 1.88. The van der Waals surface area contributed by atoms with Crippen molar-refractivity contribution in [2.45, 2.75) is 6.54 Å². The molecule has 2 atom stereocenters. The molecule has 1 amide bonds. The van der Waals surface area contributed by atoms with Crippen LogP contribution < -0.4 is 0 Å². The Labute approximate surface area is 129 Å². The van der Waals surface area contributed by atoms with Gasteiger partial charge in [-0.2, -0.15) is 0 Å². The van der Waals surface area contributed by atoms with Gasteiger partial charge in [-0.3, -0.25) is 14.7 Å². The molecule has 4 heterocycles. The SMILES string of the molecule is O=C(c1ccco1)N1C[C@@H]2CN(Cc3cccnc3)C[C@H]2C1. The highest BCUT2D eigenvalue weighted by Gasteiger charge is 2.41. The van der Waals surface area contributed by atoms with Crippen molar-refractivity contribution in [2.24, 2.45) is 11.8 Å². The zero-order valence-electron chi connectivity index (χ0n) is 12.4. The molecule has 2 aliphatic rings. The third-order valence-corrected chi connectivity index (χ3v) is 4.71. The van der Waals surface area contributed by atoms with E-state index in [9.17, 15) is 4.79 Å². The van der Waals surface area contributed by atoms with Crippen LogP contribution in [0.1, 0.15) is 16.1 Å². The van der Waals surface area contributed by atoms with Gasteiger partial charge in [0.1, 0.15) is 0 Å². The number of hydrogen-bond donors (Lipinski definition) is 0. The lowest BCUT2D eigenvalue weighted by Gasteiger charge is -2.20. The van der Waals surface area contributed by atoms with E-state index in [1.807, 2.05) is 17.2 Å². The van der Waals surface area contributed by atoms with Crippen molar-refractivity contribution in [3.63, 3.8) is 0 Å². The van der Waals surface area contributed by atoms with Crippen molar-refractivity contribution in [1.29, 1.82) is 0 Å². The Balaban J connectivity index is 1.36. The highest BCUT2D eigenvalue weighted by molar-refractivity contribution is 5.91. The van der Waals surface area contributed by atoms with Crippen molar-refractivity contribution in [3.8, 4) is 0 Å². The minimum atomic E-state index is 0.0261. The van der Waals surface area contributed by atoms with Crippen LogP contribution in [0.4, 0.5) is 0 Å². The third-order valence-electron chi connectivity index (χ3n) is 4.71. The molecule has 2 fully saturated rings. The molecular weight excluding hydrogens is 278 g/mol. The van der Waals surface area contributed by atoms with Crippen LogP contribution >= 0.6 is 0 Å². The lowest BCUT2D eigenvalue weighted by atomic mass is 10.0. The molecule has 2 aliphatic heterocycles. The van der Waals surface area contributed by atoms with E-state index >= 15 is 0 Å². The molecule has 2 saturated heterocycles. The maximum absolute atomic E-state index is 12.3. The highest BCUT2D eigenvalue weighted by atomic mass is 16.3. The van der Waals surface area contributed by atoms with Gasteiger partial charge < -0.3 is 9.32 Å². The molecule has 0 N–H and O–H groups in total. The molecule has 0 aromatic carbocycles. The number of furan rings is 1. The molecule has 22 heavy (non-hydrogen) atoms. The van der Waals surface area contributed by atoms with Crippen molar-refractivity contribution < 1.29 is 9.21 Å². The van der Waals surface area contributed by atoms with E-state index in [0.717, 1.165) is 32.7 Å². The minimum Gasteiger partial charge on any atom is -0.459 e. The number of hydrogen-bond acceptors (Lipinski definition) is 4. The van der Waals surface area contributed by atoms with Gasteiger partial charge in [0.05, 0.1) is 6.26 Å². The molecule has 0 spiro atoms. The molecule has 2 aromatic rings. The Morgan fingerprint density at radius 2 is 2.00 bits per heavy atom. The number of aromatic nitrogens is 1. The van der Waals surface area contributed by atoms with E-state index in [1.54, 1.807) is 24.6 Å². The molecule has 0 bridgehead atoms. The highest BCUT2D eigenvalue weighted by Crippen LogP contribution is 2.32. The topological polar surface area (TPSA) is 49.6 Å². The first-order chi connectivity index (χ1) is 10.8. The normalized spacial score (nSPS) is 24.6. The van der Waals surface area contributed by atoms with Crippen molar-refractivity contribution in [1.82, 2.24) is 14.8 Å². The fourth-order valence-corrected chi connectivity index (χ4v) is 3.69. The lowest BCUT2D eigenvalue weighted by molar-refractivity contribution is 0.0742. The summed E-state index contributed by atoms with van der Waals surface area (Å²) in [4.78, 5) is 20.9. The van der Waals surface area contributed by atoms with Gasteiger partial charge in [0.15, 0.2) is 5.76 Å². The van der Waals surface area contributed by atoms with Gasteiger partial charge in [0.2, 0.25) is 0 Å². The van der Waals surface area contributed by atoms with Crippen LogP contribution in [-0.4, -0.2) is 46.9 Å². The van der Waals surface area contributed by atoms with Gasteiger partial charge in [-0.1, -0.05) is 6.07 Å². The number of nitrogens with zero attached hydrogens (tertiary/aromatic N) is 3. The fraction of sp³-hybridized carbons (Fsp3) is 0.412. The molecule has 0 saturated carbocycles. The Morgan fingerprint density at radius 1 is 1.18 bits per heavy atom. The second-order valence-electron chi connectivity index (χ2n) is 6.26. The average molecular weight is 297 g/mol. The monoisotopic (exact) mass is 297 g/mol. The Bertz CT molecular complexity index is 627. The largest absolute Gasteiger partial charge is 0.459 e. The number of likely N-dealkylation sites (tertiary alicyclic amines) is 2. The molecular formula is C17H19N3O2. The molecule has 0 radical (unpaired) electrons. The maximum Gasteiger partial charge on any atom is 0.289 e. The van der Waals surface area contributed by atoms with Gasteiger partial charge in [0.25, 0.3) is 5.91 Å². The van der Waals surface area contributed by atoms with E-state index in [0.29, 0.717) is 17.6 Å². The summed E-state index contributed by atoms with van der Waals surface area (Å²) in [5, 5.41) is 0. The summed E-state index contributed by atoms with van der Waals surface area (Å²) in [7, 11) is 0. The Hall–Kier alpha value is -2.14. The van der Waals surface area contributed by atoms with E-state index in [4.69, 9.17) is 4.42 Å². The van der Waals surface area contributed by atoms with Gasteiger partial charge in [-0.25, -0.2) is 0 Å². The van der Waals surface area contributed by atoms with E-state index in [-0.39, 0.29) is 5.91 Å². The van der Waals surface area contributed by atoms with Crippen molar-refractivity contribution in [2.75, 3.05) is 26.2 Å². The summed E-state index contributed by atoms with van der Waals surface area (Å²) in [6.45, 7) is 4.75. The number of carbonyl (C=O) groups is 1. The number of amides is 1. The third kappa shape index (κ3) is 2.52. The smallest absolute Gasteiger partial charge is 0.289 e. The van der Waals surface area contributed by atoms with Crippen LogP contribution in [0.15, 0.2) is 47.3 Å². The number of carbonyl (C=O) groups excluding carboxylic acids is 1. The summed E-state index contributed by atoms with van der Waals surface area (Å²) in [6, 6.07) is 7.61. The van der Waals surface area contributed by atoms with Crippen LogP contribution in [0.25, 0.3) is 0 Å². The molecule has 5 heteroatoms. The molecule has 0 unspecified atom stereocenters. The van der Waals surface area contributed by atoms with E-state index < -0.39 is 0 Å². The minimum absolute atomic E-state index is 0.0261. The maximum atomic E-state index is 12.3. The quantitative estimate of drug-likeness (QED) is 0.868. The summed E-state index contributed by atoms with van der Waals surface area (Å²) in [6.07, 6.45) is 5.29. The summed E-state index contributed by atoms with van der Waals surface area (Å²) in [5.74, 6) is 1.64. The van der Waals surface area contributed by atoms with Crippen LogP contribution in [0.3, 0.4) is 0 Å². The molecule has 4 rings (SSSR count). The first kappa shape index (κ1) is 13.5. The first-order valence-electron chi connectivity index (χ1n) is 7.73. The van der Waals surface area contributed by atoms with Crippen LogP contribution in [0.2, 0.25) is 0 Å². The van der Waals surface area contributed by atoms with Crippen LogP contribution in [0.5, 0.6) is 0 Å². The molecule has 2 aromatic heterocycles. The summed E-state index contributed by atoms with van der Waals surface area (Å²) >= 11 is 0. The average Bonchev–Trinajstić information content (AvgIpc) is 3.23. The van der Waals surface area contributed by atoms with Crippen LogP contribution in [0, 0.1) is 11.8 Å². The number of fused-ring (bicyclic) bond motifs is 1. The zero-order chi connectivity index (χ0) is 14.9. The van der Waals surface area contributed by atoms with E-state index in [1.165, 1.54) is 5.56 Å². The zero-order valence-corrected chi connectivity index (χ0v) is 12.4. The second-order valence-corrected chi connectivity index (χ2v) is 6.26. The predicted molar refractivity (Wildman–Crippen MR) is 81.1 cm³/mol. The molecule has 5 nitrogen and oxygen atoms in total. The first-order valence-corrected chi connectivity index (χ1v) is 7.73. The Morgan fingerprint density at radius 3 is 2.64 bits per heavy atom.